The van der Waals surface area contributed by atoms with E-state index in [0.29, 0.717) is 25.7 Å². The van der Waals surface area contributed by atoms with Gasteiger partial charge in [-0.15, -0.1) is 0 Å². The van der Waals surface area contributed by atoms with Gasteiger partial charge in [-0.1, -0.05) is 32.6 Å². The maximum atomic E-state index is 12.5. The van der Waals surface area contributed by atoms with E-state index in [2.05, 4.69) is 9.46 Å². The quantitative estimate of drug-likeness (QED) is 0.647. The van der Waals surface area contributed by atoms with E-state index in [-0.39, 0.29) is 6.42 Å². The molecule has 0 aliphatic heterocycles. The van der Waals surface area contributed by atoms with Crippen LogP contribution in [0, 0.1) is 5.92 Å². The average molecular weight is 335 g/mol. The topological polar surface area (TPSA) is 110 Å². The summed E-state index contributed by atoms with van der Waals surface area (Å²) in [5.74, 6) is -2.46. The minimum absolute atomic E-state index is 0.237. The van der Waals surface area contributed by atoms with Crippen LogP contribution in [0.2, 0.25) is 0 Å². The monoisotopic (exact) mass is 335 g/mol. The first-order valence-electron chi connectivity index (χ1n) is 7.65. The number of esters is 1. The van der Waals surface area contributed by atoms with Gasteiger partial charge in [-0.3, -0.25) is 9.59 Å². The van der Waals surface area contributed by atoms with Crippen LogP contribution in [-0.2, 0) is 24.3 Å². The standard InChI is InChI=1S/C14H25NO6S/c1-3-4-8-11(13(16)17)15-22(19,20)12-9-6-5-7-10(12)14(18)21-2/h10-12,15H,3-9H2,1-2H3,(H,16,17)/t10?,11-,12?/m0/s1. The van der Waals surface area contributed by atoms with E-state index in [1.54, 1.807) is 0 Å². The van der Waals surface area contributed by atoms with Crippen molar-refractivity contribution in [3.63, 3.8) is 0 Å². The van der Waals surface area contributed by atoms with Crippen LogP contribution in [0.15, 0.2) is 0 Å². The summed E-state index contributed by atoms with van der Waals surface area (Å²) in [6, 6.07) is -1.15. The first-order valence-corrected chi connectivity index (χ1v) is 9.19. The summed E-state index contributed by atoms with van der Waals surface area (Å²) in [7, 11) is -2.66. The molecule has 1 fully saturated rings. The van der Waals surface area contributed by atoms with Crippen LogP contribution >= 0.6 is 0 Å². The lowest BCUT2D eigenvalue weighted by molar-refractivity contribution is -0.146. The van der Waals surface area contributed by atoms with Crippen LogP contribution < -0.4 is 4.72 Å². The molecular formula is C14H25NO6S. The maximum absolute atomic E-state index is 12.5. The summed E-state index contributed by atoms with van der Waals surface area (Å²) in [4.78, 5) is 23.0. The van der Waals surface area contributed by atoms with Crippen molar-refractivity contribution in [2.24, 2.45) is 5.92 Å². The van der Waals surface area contributed by atoms with Crippen LogP contribution in [0.5, 0.6) is 0 Å². The van der Waals surface area contributed by atoms with Crippen molar-refractivity contribution in [3.05, 3.63) is 0 Å². The van der Waals surface area contributed by atoms with Gasteiger partial charge in [0, 0.05) is 0 Å². The van der Waals surface area contributed by atoms with Crippen molar-refractivity contribution in [2.45, 2.75) is 63.2 Å². The Bertz CT molecular complexity index is 490. The molecule has 128 valence electrons. The normalized spacial score (nSPS) is 23.7. The van der Waals surface area contributed by atoms with Gasteiger partial charge in [-0.25, -0.2) is 13.1 Å². The molecule has 1 aliphatic carbocycles. The smallest absolute Gasteiger partial charge is 0.321 e. The molecule has 0 saturated heterocycles. The van der Waals surface area contributed by atoms with Crippen LogP contribution in [0.25, 0.3) is 0 Å². The highest BCUT2D eigenvalue weighted by Crippen LogP contribution is 2.30. The summed E-state index contributed by atoms with van der Waals surface area (Å²) in [5, 5.41) is 8.24. The number of carboxylic acids is 1. The fourth-order valence-electron chi connectivity index (χ4n) is 2.82. The van der Waals surface area contributed by atoms with Gasteiger partial charge in [0.2, 0.25) is 10.0 Å². The zero-order valence-corrected chi connectivity index (χ0v) is 13.9. The number of hydrogen-bond donors (Lipinski definition) is 2. The van der Waals surface area contributed by atoms with Gasteiger partial charge in [0.05, 0.1) is 18.3 Å². The molecule has 0 radical (unpaired) electrons. The Kier molecular flexibility index (Phi) is 7.28. The average Bonchev–Trinajstić information content (AvgIpc) is 2.50. The van der Waals surface area contributed by atoms with E-state index in [4.69, 9.17) is 5.11 Å². The molecule has 3 atom stereocenters. The largest absolute Gasteiger partial charge is 0.480 e. The SMILES string of the molecule is CCCC[C@H](NS(=O)(=O)C1CCCCC1C(=O)OC)C(=O)O. The van der Waals surface area contributed by atoms with E-state index < -0.39 is 39.2 Å². The third kappa shape index (κ3) is 4.95. The number of methoxy groups -OCH3 is 1. The highest BCUT2D eigenvalue weighted by atomic mass is 32.2. The molecule has 7 nitrogen and oxygen atoms in total. The Morgan fingerprint density at radius 1 is 1.32 bits per heavy atom. The zero-order chi connectivity index (χ0) is 16.8. The van der Waals surface area contributed by atoms with Gasteiger partial charge >= 0.3 is 11.9 Å². The highest BCUT2D eigenvalue weighted by molar-refractivity contribution is 7.90. The van der Waals surface area contributed by atoms with Gasteiger partial charge < -0.3 is 9.84 Å². The second-order valence-corrected chi connectivity index (χ2v) is 7.58. The molecule has 2 N–H and O–H groups in total. The first kappa shape index (κ1) is 18.9. The Morgan fingerprint density at radius 3 is 2.50 bits per heavy atom. The third-order valence-corrected chi connectivity index (χ3v) is 6.03. The number of aliphatic carboxylic acids is 1. The number of rotatable bonds is 8. The molecule has 0 aromatic carbocycles. The van der Waals surface area contributed by atoms with Gasteiger partial charge in [0.1, 0.15) is 6.04 Å². The third-order valence-electron chi connectivity index (χ3n) is 4.06. The highest BCUT2D eigenvalue weighted by Gasteiger charge is 2.41. The van der Waals surface area contributed by atoms with Crippen LogP contribution in [-0.4, -0.2) is 43.9 Å². The fraction of sp³-hybridized carbons (Fsp3) is 0.857. The fourth-order valence-corrected chi connectivity index (χ4v) is 4.76. The first-order chi connectivity index (χ1) is 10.3. The van der Waals surface area contributed by atoms with E-state index in [0.717, 1.165) is 12.8 Å². The summed E-state index contributed by atoms with van der Waals surface area (Å²) in [5.41, 5.74) is 0. The number of carboxylic acid groups (broad SMARTS) is 1. The lowest BCUT2D eigenvalue weighted by Gasteiger charge is -2.30. The second kappa shape index (κ2) is 8.47. The van der Waals surface area contributed by atoms with Crippen molar-refractivity contribution < 1.29 is 27.9 Å². The summed E-state index contributed by atoms with van der Waals surface area (Å²) in [6.07, 6.45) is 3.89. The van der Waals surface area contributed by atoms with Gasteiger partial charge in [-0.05, 0) is 19.3 Å². The van der Waals surface area contributed by atoms with Crippen LogP contribution in [0.3, 0.4) is 0 Å². The van der Waals surface area contributed by atoms with Crippen molar-refractivity contribution >= 4 is 22.0 Å². The number of carbonyl (C=O) groups is 2. The molecule has 0 heterocycles. The van der Waals surface area contributed by atoms with E-state index in [1.165, 1.54) is 7.11 Å². The number of carbonyl (C=O) groups excluding carboxylic acids is 1. The molecule has 0 aromatic heterocycles. The summed E-state index contributed by atoms with van der Waals surface area (Å²) in [6.45, 7) is 1.90. The Labute approximate surface area is 131 Å². The van der Waals surface area contributed by atoms with Crippen molar-refractivity contribution in [1.29, 1.82) is 0 Å². The molecule has 1 rings (SSSR count). The molecule has 22 heavy (non-hydrogen) atoms. The minimum Gasteiger partial charge on any atom is -0.480 e. The Hall–Kier alpha value is -1.15. The maximum Gasteiger partial charge on any atom is 0.321 e. The molecule has 0 bridgehead atoms. The molecular weight excluding hydrogens is 310 g/mol. The lowest BCUT2D eigenvalue weighted by Crippen LogP contribution is -2.49. The molecule has 0 aromatic rings. The van der Waals surface area contributed by atoms with E-state index in [1.807, 2.05) is 6.92 Å². The molecule has 0 spiro atoms. The number of ether oxygens (including phenoxy) is 1. The molecule has 2 unspecified atom stereocenters. The van der Waals surface area contributed by atoms with Gasteiger partial charge in [0.25, 0.3) is 0 Å². The molecule has 1 aliphatic rings. The number of hydrogen-bond acceptors (Lipinski definition) is 5. The number of nitrogens with one attached hydrogen (secondary N) is 1. The van der Waals surface area contributed by atoms with Crippen LogP contribution in [0.1, 0.15) is 51.9 Å². The summed E-state index contributed by atoms with van der Waals surface area (Å²) < 4.78 is 32.0. The van der Waals surface area contributed by atoms with Crippen molar-refractivity contribution in [2.75, 3.05) is 7.11 Å². The zero-order valence-electron chi connectivity index (χ0n) is 13.1. The molecule has 8 heteroatoms. The minimum atomic E-state index is -3.89. The summed E-state index contributed by atoms with van der Waals surface area (Å²) >= 11 is 0. The number of unbranched alkanes of at least 4 members (excludes halogenated alkanes) is 1. The lowest BCUT2D eigenvalue weighted by atomic mass is 9.89. The van der Waals surface area contributed by atoms with Gasteiger partial charge in [-0.2, -0.15) is 0 Å². The predicted molar refractivity (Wildman–Crippen MR) is 80.8 cm³/mol. The Morgan fingerprint density at radius 2 is 1.95 bits per heavy atom. The second-order valence-electron chi connectivity index (χ2n) is 5.65. The van der Waals surface area contributed by atoms with E-state index in [9.17, 15) is 18.0 Å². The van der Waals surface area contributed by atoms with E-state index >= 15 is 0 Å². The molecule has 1 saturated carbocycles. The Balaban J connectivity index is 2.89. The predicted octanol–water partition coefficient (Wildman–Crippen LogP) is 1.28. The van der Waals surface area contributed by atoms with Crippen molar-refractivity contribution in [3.8, 4) is 0 Å². The van der Waals surface area contributed by atoms with Gasteiger partial charge in [0.15, 0.2) is 0 Å². The van der Waals surface area contributed by atoms with Crippen molar-refractivity contribution in [1.82, 2.24) is 4.72 Å². The van der Waals surface area contributed by atoms with Crippen LogP contribution in [0.4, 0.5) is 0 Å². The molecule has 0 amide bonds. The number of sulfonamides is 1.